The molecule has 164 valence electrons. The van der Waals surface area contributed by atoms with E-state index in [0.717, 1.165) is 37.7 Å². The highest BCUT2D eigenvalue weighted by Gasteiger charge is 2.54. The minimum atomic E-state index is -0.537. The van der Waals surface area contributed by atoms with Gasteiger partial charge in [-0.2, -0.15) is 0 Å². The molecule has 31 heavy (non-hydrogen) atoms. The number of benzene rings is 2. The third-order valence-corrected chi connectivity index (χ3v) is 6.66. The molecule has 6 heteroatoms. The number of anilines is 1. The molecule has 1 aliphatic carbocycles. The van der Waals surface area contributed by atoms with E-state index in [1.807, 2.05) is 53.4 Å². The number of carbonyl (C=O) groups excluding carboxylic acids is 2. The SMILES string of the molecule is COCCN1C(=O)c2ccccc2C(C(=O)Nc2cccc(OC)c2)C12CCCCC2. The Balaban J connectivity index is 1.78. The first kappa shape index (κ1) is 21.4. The van der Waals surface area contributed by atoms with Gasteiger partial charge in [0.2, 0.25) is 5.91 Å². The second-order valence-corrected chi connectivity index (χ2v) is 8.36. The smallest absolute Gasteiger partial charge is 0.254 e. The van der Waals surface area contributed by atoms with Crippen LogP contribution in [0, 0.1) is 0 Å². The first-order valence-corrected chi connectivity index (χ1v) is 11.0. The molecule has 2 aromatic carbocycles. The summed E-state index contributed by atoms with van der Waals surface area (Å²) in [5.41, 5.74) is 1.59. The normalized spacial score (nSPS) is 19.7. The van der Waals surface area contributed by atoms with Crippen molar-refractivity contribution in [1.82, 2.24) is 4.90 Å². The van der Waals surface area contributed by atoms with Gasteiger partial charge in [0.05, 0.1) is 25.2 Å². The molecular formula is C25H30N2O4. The van der Waals surface area contributed by atoms with Crippen LogP contribution in [0.25, 0.3) is 0 Å². The van der Waals surface area contributed by atoms with Crippen molar-refractivity contribution in [3.8, 4) is 5.75 Å². The minimum absolute atomic E-state index is 0.0000182. The Bertz CT molecular complexity index is 952. The Labute approximate surface area is 183 Å². The Morgan fingerprint density at radius 3 is 2.61 bits per heavy atom. The number of hydrogen-bond acceptors (Lipinski definition) is 4. The van der Waals surface area contributed by atoms with Gasteiger partial charge in [-0.25, -0.2) is 0 Å². The third kappa shape index (κ3) is 3.92. The van der Waals surface area contributed by atoms with Crippen molar-refractivity contribution in [1.29, 1.82) is 0 Å². The molecule has 1 unspecified atom stereocenters. The number of fused-ring (bicyclic) bond motifs is 1. The number of methoxy groups -OCH3 is 2. The molecule has 6 nitrogen and oxygen atoms in total. The standard InChI is InChI=1S/C25H30N2O4/c1-30-16-15-27-24(29)21-12-5-4-11-20(21)22(25(27)13-6-3-7-14-25)23(28)26-18-9-8-10-19(17-18)31-2/h4-5,8-12,17,22H,3,6-7,13-16H2,1-2H3,(H,26,28). The van der Waals surface area contributed by atoms with E-state index >= 15 is 0 Å². The van der Waals surface area contributed by atoms with Gasteiger partial charge in [0.15, 0.2) is 0 Å². The predicted molar refractivity (Wildman–Crippen MR) is 120 cm³/mol. The Kier molecular flexibility index (Phi) is 6.28. The summed E-state index contributed by atoms with van der Waals surface area (Å²) in [5, 5.41) is 3.10. The molecule has 2 aromatic rings. The summed E-state index contributed by atoms with van der Waals surface area (Å²) in [7, 11) is 3.25. The topological polar surface area (TPSA) is 67.9 Å². The van der Waals surface area contributed by atoms with Crippen molar-refractivity contribution in [2.45, 2.75) is 43.6 Å². The Hall–Kier alpha value is -2.86. The second-order valence-electron chi connectivity index (χ2n) is 8.36. The van der Waals surface area contributed by atoms with Crippen LogP contribution in [0.4, 0.5) is 5.69 Å². The van der Waals surface area contributed by atoms with Gasteiger partial charge in [0.25, 0.3) is 5.91 Å². The van der Waals surface area contributed by atoms with Gasteiger partial charge < -0.3 is 19.7 Å². The summed E-state index contributed by atoms with van der Waals surface area (Å²) >= 11 is 0. The van der Waals surface area contributed by atoms with Gasteiger partial charge in [-0.1, -0.05) is 43.5 Å². The van der Waals surface area contributed by atoms with Crippen molar-refractivity contribution in [3.05, 3.63) is 59.7 Å². The van der Waals surface area contributed by atoms with Gasteiger partial charge in [0.1, 0.15) is 5.75 Å². The van der Waals surface area contributed by atoms with Gasteiger partial charge in [-0.3, -0.25) is 9.59 Å². The van der Waals surface area contributed by atoms with E-state index in [1.165, 1.54) is 0 Å². The molecule has 2 aliphatic rings. The monoisotopic (exact) mass is 422 g/mol. The number of rotatable bonds is 6. The van der Waals surface area contributed by atoms with Crippen LogP contribution in [-0.4, -0.2) is 49.6 Å². The molecule has 2 amide bonds. The van der Waals surface area contributed by atoms with Gasteiger partial charge in [0, 0.05) is 31.0 Å². The van der Waals surface area contributed by atoms with E-state index < -0.39 is 11.5 Å². The molecule has 0 saturated heterocycles. The molecule has 1 aliphatic heterocycles. The number of nitrogens with zero attached hydrogens (tertiary/aromatic N) is 1. The first-order valence-electron chi connectivity index (χ1n) is 11.0. The highest BCUT2D eigenvalue weighted by molar-refractivity contribution is 6.05. The number of nitrogens with one attached hydrogen (secondary N) is 1. The quantitative estimate of drug-likeness (QED) is 0.757. The van der Waals surface area contributed by atoms with Crippen molar-refractivity contribution < 1.29 is 19.1 Å². The van der Waals surface area contributed by atoms with Crippen molar-refractivity contribution in [2.75, 3.05) is 32.7 Å². The van der Waals surface area contributed by atoms with Crippen molar-refractivity contribution in [2.24, 2.45) is 0 Å². The average molecular weight is 423 g/mol. The average Bonchev–Trinajstić information content (AvgIpc) is 2.80. The fourth-order valence-corrected chi connectivity index (χ4v) is 5.27. The van der Waals surface area contributed by atoms with Crippen LogP contribution < -0.4 is 10.1 Å². The summed E-state index contributed by atoms with van der Waals surface area (Å²) in [4.78, 5) is 29.3. The maximum Gasteiger partial charge on any atom is 0.254 e. The van der Waals surface area contributed by atoms with Crippen molar-refractivity contribution >= 4 is 17.5 Å². The van der Waals surface area contributed by atoms with E-state index in [-0.39, 0.29) is 11.8 Å². The zero-order valence-corrected chi connectivity index (χ0v) is 18.2. The predicted octanol–water partition coefficient (Wildman–Crippen LogP) is 4.22. The summed E-state index contributed by atoms with van der Waals surface area (Å²) in [6.45, 7) is 0.923. The molecule has 1 fully saturated rings. The molecule has 0 bridgehead atoms. The zero-order valence-electron chi connectivity index (χ0n) is 18.2. The highest BCUT2D eigenvalue weighted by Crippen LogP contribution is 2.49. The molecule has 1 N–H and O–H groups in total. The van der Waals surface area contributed by atoms with Crippen LogP contribution in [-0.2, 0) is 9.53 Å². The summed E-state index contributed by atoms with van der Waals surface area (Å²) in [6, 6.07) is 14.9. The number of ether oxygens (including phenoxy) is 2. The van der Waals surface area contributed by atoms with Crippen LogP contribution in [0.15, 0.2) is 48.5 Å². The minimum Gasteiger partial charge on any atom is -0.497 e. The lowest BCUT2D eigenvalue weighted by molar-refractivity contribution is -0.122. The van der Waals surface area contributed by atoms with E-state index in [9.17, 15) is 9.59 Å². The molecular weight excluding hydrogens is 392 g/mol. The van der Waals surface area contributed by atoms with E-state index in [4.69, 9.17) is 9.47 Å². The molecule has 0 aromatic heterocycles. The molecule has 1 heterocycles. The van der Waals surface area contributed by atoms with Gasteiger partial charge in [-0.05, 0) is 36.6 Å². The number of amides is 2. The van der Waals surface area contributed by atoms with Crippen LogP contribution in [0.3, 0.4) is 0 Å². The summed E-state index contributed by atoms with van der Waals surface area (Å²) in [6.07, 6.45) is 4.75. The van der Waals surface area contributed by atoms with Crippen LogP contribution in [0.5, 0.6) is 5.75 Å². The highest BCUT2D eigenvalue weighted by atomic mass is 16.5. The zero-order chi connectivity index (χ0) is 21.8. The lowest BCUT2D eigenvalue weighted by Gasteiger charge is -2.53. The van der Waals surface area contributed by atoms with E-state index in [1.54, 1.807) is 14.2 Å². The molecule has 1 spiro atoms. The van der Waals surface area contributed by atoms with E-state index in [0.29, 0.717) is 30.2 Å². The van der Waals surface area contributed by atoms with Crippen LogP contribution in [0.2, 0.25) is 0 Å². The maximum absolute atomic E-state index is 13.8. The largest absolute Gasteiger partial charge is 0.497 e. The number of carbonyl (C=O) groups is 2. The second kappa shape index (κ2) is 9.10. The molecule has 1 atom stereocenters. The lowest BCUT2D eigenvalue weighted by Crippen LogP contribution is -2.62. The molecule has 4 rings (SSSR count). The molecule has 1 saturated carbocycles. The Morgan fingerprint density at radius 2 is 1.87 bits per heavy atom. The molecule has 0 radical (unpaired) electrons. The number of hydrogen-bond donors (Lipinski definition) is 1. The summed E-state index contributed by atoms with van der Waals surface area (Å²) < 4.78 is 10.6. The lowest BCUT2D eigenvalue weighted by atomic mass is 9.65. The van der Waals surface area contributed by atoms with Crippen LogP contribution in [0.1, 0.15) is 53.9 Å². The fourth-order valence-electron chi connectivity index (χ4n) is 5.27. The first-order chi connectivity index (χ1) is 15.1. The Morgan fingerprint density at radius 1 is 1.10 bits per heavy atom. The van der Waals surface area contributed by atoms with Crippen LogP contribution >= 0.6 is 0 Å². The van der Waals surface area contributed by atoms with E-state index in [2.05, 4.69) is 5.32 Å². The van der Waals surface area contributed by atoms with Gasteiger partial charge in [-0.15, -0.1) is 0 Å². The summed E-state index contributed by atoms with van der Waals surface area (Å²) in [5.74, 6) is 0.161. The third-order valence-electron chi connectivity index (χ3n) is 6.66. The van der Waals surface area contributed by atoms with Gasteiger partial charge >= 0.3 is 0 Å². The fraction of sp³-hybridized carbons (Fsp3) is 0.440. The maximum atomic E-state index is 13.8. The van der Waals surface area contributed by atoms with Crippen molar-refractivity contribution in [3.63, 3.8) is 0 Å².